The van der Waals surface area contributed by atoms with E-state index in [0.717, 1.165) is 31.5 Å². The molecule has 1 rings (SSSR count). The molecule has 0 amide bonds. The van der Waals surface area contributed by atoms with E-state index >= 15 is 0 Å². The van der Waals surface area contributed by atoms with Crippen molar-refractivity contribution in [3.05, 3.63) is 11.6 Å². The standard InChI is InChI=1S/C13H23NO2/c1-4-14(5-2)12-10-8-7-9-11(12)13(15)16-6-3/h9,12H,4-8,10H2,1-3H3. The lowest BCUT2D eigenvalue weighted by atomic mass is 9.92. The zero-order valence-corrected chi connectivity index (χ0v) is 10.7. The monoisotopic (exact) mass is 225 g/mol. The van der Waals surface area contributed by atoms with Crippen LogP contribution in [0.25, 0.3) is 0 Å². The molecule has 1 atom stereocenters. The molecule has 1 unspecified atom stereocenters. The highest BCUT2D eigenvalue weighted by Gasteiger charge is 2.27. The lowest BCUT2D eigenvalue weighted by Crippen LogP contribution is -2.40. The van der Waals surface area contributed by atoms with Gasteiger partial charge in [0.2, 0.25) is 0 Å². The molecule has 3 heteroatoms. The molecule has 0 heterocycles. The normalized spacial score (nSPS) is 20.8. The number of esters is 1. The summed E-state index contributed by atoms with van der Waals surface area (Å²) in [7, 11) is 0. The molecule has 0 aromatic carbocycles. The zero-order valence-electron chi connectivity index (χ0n) is 10.7. The zero-order chi connectivity index (χ0) is 12.0. The van der Waals surface area contributed by atoms with Crippen molar-refractivity contribution in [3.63, 3.8) is 0 Å². The largest absolute Gasteiger partial charge is 0.463 e. The molecule has 1 aliphatic carbocycles. The first-order valence-electron chi connectivity index (χ1n) is 6.35. The Balaban J connectivity index is 2.77. The van der Waals surface area contributed by atoms with Crippen LogP contribution in [0.3, 0.4) is 0 Å². The van der Waals surface area contributed by atoms with Gasteiger partial charge in [0.05, 0.1) is 12.2 Å². The van der Waals surface area contributed by atoms with Gasteiger partial charge in [-0.1, -0.05) is 19.9 Å². The fourth-order valence-corrected chi connectivity index (χ4v) is 2.34. The molecule has 0 aromatic heterocycles. The molecular weight excluding hydrogens is 202 g/mol. The van der Waals surface area contributed by atoms with E-state index in [1.54, 1.807) is 0 Å². The van der Waals surface area contributed by atoms with Gasteiger partial charge in [0.15, 0.2) is 0 Å². The average Bonchev–Trinajstić information content (AvgIpc) is 2.31. The van der Waals surface area contributed by atoms with E-state index in [1.165, 1.54) is 6.42 Å². The number of carbonyl (C=O) groups is 1. The number of allylic oxidation sites excluding steroid dienone is 1. The topological polar surface area (TPSA) is 29.5 Å². The molecule has 0 saturated heterocycles. The van der Waals surface area contributed by atoms with Crippen molar-refractivity contribution < 1.29 is 9.53 Å². The van der Waals surface area contributed by atoms with Crippen LogP contribution >= 0.6 is 0 Å². The Morgan fingerprint density at radius 1 is 1.44 bits per heavy atom. The molecule has 92 valence electrons. The summed E-state index contributed by atoms with van der Waals surface area (Å²) in [4.78, 5) is 14.2. The van der Waals surface area contributed by atoms with E-state index in [4.69, 9.17) is 4.74 Å². The second-order valence-corrected chi connectivity index (χ2v) is 4.05. The number of hydrogen-bond acceptors (Lipinski definition) is 3. The van der Waals surface area contributed by atoms with Crippen molar-refractivity contribution in [2.75, 3.05) is 19.7 Å². The van der Waals surface area contributed by atoms with Crippen LogP contribution in [0.2, 0.25) is 0 Å². The fraction of sp³-hybridized carbons (Fsp3) is 0.769. The second kappa shape index (κ2) is 6.69. The highest BCUT2D eigenvalue weighted by atomic mass is 16.5. The summed E-state index contributed by atoms with van der Waals surface area (Å²) in [6.45, 7) is 8.56. The molecule has 0 fully saturated rings. The highest BCUT2D eigenvalue weighted by molar-refractivity contribution is 5.90. The molecule has 0 aliphatic heterocycles. The van der Waals surface area contributed by atoms with Crippen LogP contribution in [0.15, 0.2) is 11.6 Å². The molecule has 16 heavy (non-hydrogen) atoms. The van der Waals surface area contributed by atoms with Crippen LogP contribution in [0.1, 0.15) is 40.0 Å². The van der Waals surface area contributed by atoms with E-state index in [2.05, 4.69) is 24.8 Å². The molecule has 0 saturated carbocycles. The minimum absolute atomic E-state index is 0.126. The maximum absolute atomic E-state index is 11.8. The predicted molar refractivity (Wildman–Crippen MR) is 65.3 cm³/mol. The van der Waals surface area contributed by atoms with Gasteiger partial charge < -0.3 is 4.74 Å². The SMILES string of the molecule is CCOC(=O)C1=CCCCC1N(CC)CC. The molecule has 1 aliphatic rings. The van der Waals surface area contributed by atoms with E-state index in [0.29, 0.717) is 6.61 Å². The maximum Gasteiger partial charge on any atom is 0.335 e. The van der Waals surface area contributed by atoms with E-state index in [-0.39, 0.29) is 12.0 Å². The third-order valence-corrected chi connectivity index (χ3v) is 3.17. The number of hydrogen-bond donors (Lipinski definition) is 0. The van der Waals surface area contributed by atoms with E-state index in [1.807, 2.05) is 6.92 Å². The number of carbonyl (C=O) groups excluding carboxylic acids is 1. The Hall–Kier alpha value is -0.830. The Labute approximate surface area is 98.5 Å². The van der Waals surface area contributed by atoms with Gasteiger partial charge in [0.1, 0.15) is 0 Å². The van der Waals surface area contributed by atoms with Crippen LogP contribution in [-0.2, 0) is 9.53 Å². The fourth-order valence-electron chi connectivity index (χ4n) is 2.34. The summed E-state index contributed by atoms with van der Waals surface area (Å²) in [5.41, 5.74) is 0.872. The summed E-state index contributed by atoms with van der Waals surface area (Å²) in [5.74, 6) is -0.126. The maximum atomic E-state index is 11.8. The van der Waals surface area contributed by atoms with Gasteiger partial charge in [-0.15, -0.1) is 0 Å². The lowest BCUT2D eigenvalue weighted by Gasteiger charge is -2.32. The third kappa shape index (κ3) is 3.08. The number of ether oxygens (including phenoxy) is 1. The van der Waals surface area contributed by atoms with Crippen molar-refractivity contribution in [1.29, 1.82) is 0 Å². The number of likely N-dealkylation sites (N-methyl/N-ethyl adjacent to an activating group) is 1. The minimum Gasteiger partial charge on any atom is -0.463 e. The third-order valence-electron chi connectivity index (χ3n) is 3.17. The van der Waals surface area contributed by atoms with Gasteiger partial charge in [0.25, 0.3) is 0 Å². The summed E-state index contributed by atoms with van der Waals surface area (Å²) in [5, 5.41) is 0. The van der Waals surface area contributed by atoms with Crippen LogP contribution in [-0.4, -0.2) is 36.6 Å². The van der Waals surface area contributed by atoms with Crippen LogP contribution in [0.5, 0.6) is 0 Å². The van der Waals surface area contributed by atoms with Crippen molar-refractivity contribution >= 4 is 5.97 Å². The summed E-state index contributed by atoms with van der Waals surface area (Å²) in [6, 6.07) is 0.266. The Morgan fingerprint density at radius 2 is 2.12 bits per heavy atom. The van der Waals surface area contributed by atoms with Crippen molar-refractivity contribution in [3.8, 4) is 0 Å². The Bertz CT molecular complexity index is 257. The van der Waals surface area contributed by atoms with Crippen LogP contribution < -0.4 is 0 Å². The Morgan fingerprint density at radius 3 is 2.69 bits per heavy atom. The van der Waals surface area contributed by atoms with Gasteiger partial charge in [-0.2, -0.15) is 0 Å². The van der Waals surface area contributed by atoms with Crippen molar-refractivity contribution in [1.82, 2.24) is 4.90 Å². The molecule has 0 radical (unpaired) electrons. The van der Waals surface area contributed by atoms with Gasteiger partial charge in [-0.25, -0.2) is 4.79 Å². The molecular formula is C13H23NO2. The van der Waals surface area contributed by atoms with Crippen molar-refractivity contribution in [2.24, 2.45) is 0 Å². The first-order valence-corrected chi connectivity index (χ1v) is 6.35. The predicted octanol–water partition coefficient (Wildman–Crippen LogP) is 2.37. The number of nitrogens with zero attached hydrogens (tertiary/aromatic N) is 1. The summed E-state index contributed by atoms with van der Waals surface area (Å²) < 4.78 is 5.12. The first kappa shape index (κ1) is 13.2. The molecule has 0 bridgehead atoms. The number of rotatable bonds is 5. The lowest BCUT2D eigenvalue weighted by molar-refractivity contribution is -0.139. The van der Waals surface area contributed by atoms with Gasteiger partial charge in [-0.3, -0.25) is 4.90 Å². The summed E-state index contributed by atoms with van der Waals surface area (Å²) in [6.07, 6.45) is 5.31. The minimum atomic E-state index is -0.126. The molecule has 3 nitrogen and oxygen atoms in total. The van der Waals surface area contributed by atoms with E-state index in [9.17, 15) is 4.79 Å². The molecule has 0 aromatic rings. The molecule has 0 spiro atoms. The van der Waals surface area contributed by atoms with Crippen LogP contribution in [0, 0.1) is 0 Å². The van der Waals surface area contributed by atoms with Crippen molar-refractivity contribution in [2.45, 2.75) is 46.1 Å². The molecule has 0 N–H and O–H groups in total. The Kier molecular flexibility index (Phi) is 5.53. The summed E-state index contributed by atoms with van der Waals surface area (Å²) >= 11 is 0. The van der Waals surface area contributed by atoms with Gasteiger partial charge >= 0.3 is 5.97 Å². The highest BCUT2D eigenvalue weighted by Crippen LogP contribution is 2.24. The quantitative estimate of drug-likeness (QED) is 0.673. The van der Waals surface area contributed by atoms with E-state index < -0.39 is 0 Å². The van der Waals surface area contributed by atoms with Gasteiger partial charge in [0, 0.05) is 6.04 Å². The second-order valence-electron chi connectivity index (χ2n) is 4.05. The average molecular weight is 225 g/mol. The smallest absolute Gasteiger partial charge is 0.335 e. The van der Waals surface area contributed by atoms with Gasteiger partial charge in [-0.05, 0) is 39.3 Å². The van der Waals surface area contributed by atoms with Crippen LogP contribution in [0.4, 0.5) is 0 Å². The first-order chi connectivity index (χ1) is 7.74.